The lowest BCUT2D eigenvalue weighted by atomic mass is 10.1. The van der Waals surface area contributed by atoms with Crippen LogP contribution in [0, 0.1) is 0 Å². The van der Waals surface area contributed by atoms with Crippen molar-refractivity contribution >= 4 is 11.6 Å². The number of carbonyl (C=O) groups is 1. The summed E-state index contributed by atoms with van der Waals surface area (Å²) in [5, 5.41) is 2.88. The minimum absolute atomic E-state index is 0.00967. The average molecular weight is 248 g/mol. The first-order valence-corrected chi connectivity index (χ1v) is 6.42. The SMILES string of the molecule is CC(N)c1ccc(NC(=O)CC2CCCO2)cc1. The van der Waals surface area contributed by atoms with E-state index in [0.717, 1.165) is 30.7 Å². The van der Waals surface area contributed by atoms with E-state index in [9.17, 15) is 4.79 Å². The Bertz CT molecular complexity index is 395. The molecule has 0 aliphatic carbocycles. The summed E-state index contributed by atoms with van der Waals surface area (Å²) in [6.07, 6.45) is 2.57. The maximum Gasteiger partial charge on any atom is 0.226 e. The number of rotatable bonds is 4. The van der Waals surface area contributed by atoms with Crippen LogP contribution in [-0.2, 0) is 9.53 Å². The summed E-state index contributed by atoms with van der Waals surface area (Å²) in [6.45, 7) is 2.71. The first kappa shape index (κ1) is 13.1. The van der Waals surface area contributed by atoms with E-state index in [1.165, 1.54) is 0 Å². The van der Waals surface area contributed by atoms with Gasteiger partial charge in [-0.25, -0.2) is 0 Å². The van der Waals surface area contributed by atoms with Crippen LogP contribution in [0.1, 0.15) is 37.8 Å². The minimum Gasteiger partial charge on any atom is -0.378 e. The fourth-order valence-corrected chi connectivity index (χ4v) is 2.09. The van der Waals surface area contributed by atoms with Gasteiger partial charge >= 0.3 is 0 Å². The van der Waals surface area contributed by atoms with Crippen molar-refractivity contribution in [3.05, 3.63) is 29.8 Å². The van der Waals surface area contributed by atoms with E-state index < -0.39 is 0 Å². The standard InChI is InChI=1S/C14H20N2O2/c1-10(15)11-4-6-12(7-5-11)16-14(17)9-13-3-2-8-18-13/h4-7,10,13H,2-3,8-9,15H2,1H3,(H,16,17). The number of hydrogen-bond donors (Lipinski definition) is 2. The highest BCUT2D eigenvalue weighted by Crippen LogP contribution is 2.17. The molecule has 0 radical (unpaired) electrons. The molecule has 2 atom stereocenters. The largest absolute Gasteiger partial charge is 0.378 e. The minimum atomic E-state index is 0.00967. The Morgan fingerprint density at radius 1 is 1.50 bits per heavy atom. The van der Waals surface area contributed by atoms with Gasteiger partial charge in [0, 0.05) is 18.3 Å². The number of amides is 1. The van der Waals surface area contributed by atoms with Crippen LogP contribution in [0.4, 0.5) is 5.69 Å². The zero-order valence-corrected chi connectivity index (χ0v) is 10.7. The van der Waals surface area contributed by atoms with Crippen LogP contribution < -0.4 is 11.1 Å². The van der Waals surface area contributed by atoms with Crippen molar-refractivity contribution in [3.63, 3.8) is 0 Å². The maximum absolute atomic E-state index is 11.8. The Hall–Kier alpha value is -1.39. The van der Waals surface area contributed by atoms with Gasteiger partial charge in [-0.2, -0.15) is 0 Å². The second-order valence-corrected chi connectivity index (χ2v) is 4.80. The summed E-state index contributed by atoms with van der Waals surface area (Å²) in [6, 6.07) is 7.65. The number of hydrogen-bond acceptors (Lipinski definition) is 3. The topological polar surface area (TPSA) is 64.3 Å². The molecule has 4 heteroatoms. The molecular weight excluding hydrogens is 228 g/mol. The number of nitrogens with two attached hydrogens (primary N) is 1. The van der Waals surface area contributed by atoms with Crippen LogP contribution in [0.25, 0.3) is 0 Å². The molecule has 4 nitrogen and oxygen atoms in total. The van der Waals surface area contributed by atoms with Gasteiger partial charge in [-0.05, 0) is 37.5 Å². The van der Waals surface area contributed by atoms with Crippen LogP contribution in [0.15, 0.2) is 24.3 Å². The van der Waals surface area contributed by atoms with Gasteiger partial charge in [0.25, 0.3) is 0 Å². The van der Waals surface area contributed by atoms with E-state index in [2.05, 4.69) is 5.32 Å². The van der Waals surface area contributed by atoms with Crippen molar-refractivity contribution in [3.8, 4) is 0 Å². The summed E-state index contributed by atoms with van der Waals surface area (Å²) in [5.41, 5.74) is 7.64. The molecule has 2 rings (SSSR count). The second-order valence-electron chi connectivity index (χ2n) is 4.80. The number of benzene rings is 1. The maximum atomic E-state index is 11.8. The Balaban J connectivity index is 1.86. The molecule has 0 aromatic heterocycles. The quantitative estimate of drug-likeness (QED) is 0.858. The molecule has 1 amide bonds. The van der Waals surface area contributed by atoms with E-state index in [1.54, 1.807) is 0 Å². The summed E-state index contributed by atoms with van der Waals surface area (Å²) in [5.74, 6) is 0.00967. The van der Waals surface area contributed by atoms with Crippen molar-refractivity contribution in [2.75, 3.05) is 11.9 Å². The van der Waals surface area contributed by atoms with E-state index in [4.69, 9.17) is 10.5 Å². The molecule has 3 N–H and O–H groups in total. The molecule has 1 heterocycles. The van der Waals surface area contributed by atoms with Crippen LogP contribution in [0.2, 0.25) is 0 Å². The average Bonchev–Trinajstić information content (AvgIpc) is 2.82. The summed E-state index contributed by atoms with van der Waals surface area (Å²) < 4.78 is 5.43. The van der Waals surface area contributed by atoms with Crippen LogP contribution in [0.3, 0.4) is 0 Å². The summed E-state index contributed by atoms with van der Waals surface area (Å²) in [4.78, 5) is 11.8. The molecular formula is C14H20N2O2. The van der Waals surface area contributed by atoms with Gasteiger partial charge in [0.05, 0.1) is 12.5 Å². The fourth-order valence-electron chi connectivity index (χ4n) is 2.09. The third kappa shape index (κ3) is 3.55. The number of anilines is 1. The lowest BCUT2D eigenvalue weighted by molar-refractivity contribution is -0.118. The number of ether oxygens (including phenoxy) is 1. The molecule has 2 unspecified atom stereocenters. The number of carbonyl (C=O) groups excluding carboxylic acids is 1. The second kappa shape index (κ2) is 5.98. The molecule has 1 aliphatic heterocycles. The molecule has 1 fully saturated rings. The summed E-state index contributed by atoms with van der Waals surface area (Å²) in [7, 11) is 0. The lowest BCUT2D eigenvalue weighted by Crippen LogP contribution is -2.19. The fraction of sp³-hybridized carbons (Fsp3) is 0.500. The molecule has 1 saturated heterocycles. The Morgan fingerprint density at radius 2 is 2.22 bits per heavy atom. The smallest absolute Gasteiger partial charge is 0.226 e. The van der Waals surface area contributed by atoms with Crippen molar-refractivity contribution in [2.24, 2.45) is 5.73 Å². The highest BCUT2D eigenvalue weighted by Gasteiger charge is 2.18. The van der Waals surface area contributed by atoms with E-state index in [-0.39, 0.29) is 18.1 Å². The lowest BCUT2D eigenvalue weighted by Gasteiger charge is -2.11. The van der Waals surface area contributed by atoms with Gasteiger partial charge in [0.15, 0.2) is 0 Å². The predicted molar refractivity (Wildman–Crippen MR) is 71.3 cm³/mol. The molecule has 98 valence electrons. The van der Waals surface area contributed by atoms with E-state index in [1.807, 2.05) is 31.2 Å². The molecule has 0 saturated carbocycles. The third-order valence-electron chi connectivity index (χ3n) is 3.16. The van der Waals surface area contributed by atoms with Crippen LogP contribution >= 0.6 is 0 Å². The molecule has 0 spiro atoms. The van der Waals surface area contributed by atoms with Crippen LogP contribution in [0.5, 0.6) is 0 Å². The third-order valence-corrected chi connectivity index (χ3v) is 3.16. The van der Waals surface area contributed by atoms with Gasteiger partial charge < -0.3 is 15.8 Å². The molecule has 1 aliphatic rings. The highest BCUT2D eigenvalue weighted by molar-refractivity contribution is 5.91. The molecule has 1 aromatic rings. The van der Waals surface area contributed by atoms with Crippen molar-refractivity contribution in [1.29, 1.82) is 0 Å². The predicted octanol–water partition coefficient (Wildman–Crippen LogP) is 2.21. The number of nitrogens with one attached hydrogen (secondary N) is 1. The monoisotopic (exact) mass is 248 g/mol. The first-order chi connectivity index (χ1) is 8.65. The van der Waals surface area contributed by atoms with E-state index in [0.29, 0.717) is 6.42 Å². The Kier molecular flexibility index (Phi) is 4.33. The van der Waals surface area contributed by atoms with Crippen molar-refractivity contribution < 1.29 is 9.53 Å². The van der Waals surface area contributed by atoms with Crippen molar-refractivity contribution in [1.82, 2.24) is 0 Å². The van der Waals surface area contributed by atoms with Gasteiger partial charge in [0.2, 0.25) is 5.91 Å². The normalized spacial score (nSPS) is 20.7. The van der Waals surface area contributed by atoms with Crippen molar-refractivity contribution in [2.45, 2.75) is 38.3 Å². The van der Waals surface area contributed by atoms with Gasteiger partial charge in [-0.15, -0.1) is 0 Å². The Labute approximate surface area is 108 Å². The summed E-state index contributed by atoms with van der Waals surface area (Å²) >= 11 is 0. The van der Waals surface area contributed by atoms with Crippen LogP contribution in [-0.4, -0.2) is 18.6 Å². The zero-order valence-electron chi connectivity index (χ0n) is 10.7. The highest BCUT2D eigenvalue weighted by atomic mass is 16.5. The molecule has 1 aromatic carbocycles. The van der Waals surface area contributed by atoms with E-state index >= 15 is 0 Å². The zero-order chi connectivity index (χ0) is 13.0. The van der Waals surface area contributed by atoms with Gasteiger partial charge in [-0.1, -0.05) is 12.1 Å². The van der Waals surface area contributed by atoms with Gasteiger partial charge in [-0.3, -0.25) is 4.79 Å². The van der Waals surface area contributed by atoms with Gasteiger partial charge in [0.1, 0.15) is 0 Å². The Morgan fingerprint density at radius 3 is 2.78 bits per heavy atom. The molecule has 0 bridgehead atoms. The molecule has 18 heavy (non-hydrogen) atoms. The first-order valence-electron chi connectivity index (χ1n) is 6.42.